The molecule has 1 fully saturated rings. The van der Waals surface area contributed by atoms with Crippen LogP contribution in [-0.4, -0.2) is 117 Å². The zero-order valence-corrected chi connectivity index (χ0v) is 63.8. The van der Waals surface area contributed by atoms with Gasteiger partial charge in [-0.2, -0.15) is 0 Å². The summed E-state index contributed by atoms with van der Waals surface area (Å²) in [7, 11) is -9.86. The minimum atomic E-state index is -5.03. The lowest BCUT2D eigenvalue weighted by molar-refractivity contribution is -0.279. The summed E-state index contributed by atoms with van der Waals surface area (Å²) in [5, 5.41) is 0. The van der Waals surface area contributed by atoms with Gasteiger partial charge in [0.05, 0.1) is 33.0 Å². The SMILES string of the molecule is CCCCCCCCCCCCCCCC(=O)OC[C@H](COP(=O)(OC)O[C@H]1[C@H](OCOC)[C@@H](OCOC)[C@H](OP(=O)(OCc2ccccc2)OCc2ccccc2)[C@@H](OP(=O)(OCc2ccccc2)OCc2ccccc2)[C@H]1OCOC)OC(=O)CCCCCCCCCCCCCCC. The molecule has 0 spiro atoms. The van der Waals surface area contributed by atoms with Crippen molar-refractivity contribution in [3.05, 3.63) is 144 Å². The highest BCUT2D eigenvalue weighted by Crippen LogP contribution is 2.60. The third-order valence-electron chi connectivity index (χ3n) is 17.1. The van der Waals surface area contributed by atoms with Crippen LogP contribution in [0, 0.1) is 0 Å². The molecule has 4 aromatic carbocycles. The molecule has 0 aromatic heterocycles. The van der Waals surface area contributed by atoms with Gasteiger partial charge < -0.3 is 37.9 Å². The Morgan fingerprint density at radius 3 is 0.921 bits per heavy atom. The highest BCUT2D eigenvalue weighted by atomic mass is 31.2. The number of hydrogen-bond donors (Lipinski definition) is 0. The summed E-state index contributed by atoms with van der Waals surface area (Å²) in [5.41, 5.74) is 2.35. The molecule has 22 nitrogen and oxygen atoms in total. The van der Waals surface area contributed by atoms with Crippen molar-refractivity contribution in [2.24, 2.45) is 0 Å². The molecule has 101 heavy (non-hydrogen) atoms. The Hall–Kier alpha value is -4.09. The number of carbonyl (C=O) groups is 2. The standard InChI is InChI=1S/C76H119O22P3/c1-7-9-11-13-15-17-19-21-23-25-27-29-43-53-69(77)86-59-68(95-70(78)54-44-30-28-26-24-22-20-18-16-14-12-10-8-2)60-94-99(79,85-6)96-74-71(87-61-82-3)72(88-62-83-4)75(97-100(80,90-55-64-45-35-31-36-46-64)91-56-65-47-37-32-38-48-65)76(73(74)89-63-84-5)98-101(81,92-57-66-49-39-33-40-50-66)93-58-67-51-41-34-42-52-67/h31-42,45-52,68,71-76H,7-30,43-44,53-63H2,1-6H3/t68-,71-,72-,73+,74+,75+,76+,99?/m1/s1. The minimum absolute atomic E-state index is 0.0711. The lowest BCUT2D eigenvalue weighted by Gasteiger charge is -2.49. The topological polar surface area (TPSA) is 242 Å². The van der Waals surface area contributed by atoms with E-state index in [1.165, 1.54) is 124 Å². The maximum atomic E-state index is 15.9. The highest BCUT2D eigenvalue weighted by Gasteiger charge is 2.61. The number of benzene rings is 4. The van der Waals surface area contributed by atoms with Gasteiger partial charge >= 0.3 is 35.4 Å². The van der Waals surface area contributed by atoms with Crippen LogP contribution in [0.1, 0.15) is 216 Å². The average molecular weight is 1480 g/mol. The molecule has 0 radical (unpaired) electrons. The van der Waals surface area contributed by atoms with Gasteiger partial charge in [-0.3, -0.25) is 50.3 Å². The predicted octanol–water partition coefficient (Wildman–Crippen LogP) is 19.4. The molecule has 0 heterocycles. The largest absolute Gasteiger partial charge is 0.475 e. The predicted molar refractivity (Wildman–Crippen MR) is 387 cm³/mol. The van der Waals surface area contributed by atoms with Crippen LogP contribution in [-0.2, 0) is 128 Å². The minimum Gasteiger partial charge on any atom is -0.462 e. The van der Waals surface area contributed by atoms with E-state index in [2.05, 4.69) is 13.8 Å². The normalized spacial score (nSPS) is 18.1. The van der Waals surface area contributed by atoms with E-state index < -0.39 is 112 Å². The Bertz CT molecular complexity index is 2770. The molecule has 1 saturated carbocycles. The number of unbranched alkanes of at least 4 members (excludes halogenated alkanes) is 24. The quantitative estimate of drug-likeness (QED) is 0.0173. The van der Waals surface area contributed by atoms with Crippen molar-refractivity contribution in [3.8, 4) is 0 Å². The first-order valence-corrected chi connectivity index (χ1v) is 41.1. The fourth-order valence-electron chi connectivity index (χ4n) is 11.5. The van der Waals surface area contributed by atoms with Crippen molar-refractivity contribution in [2.45, 2.75) is 263 Å². The maximum Gasteiger partial charge on any atom is 0.475 e. The van der Waals surface area contributed by atoms with Gasteiger partial charge in [0.25, 0.3) is 0 Å². The molecule has 0 N–H and O–H groups in total. The molecule has 0 aliphatic heterocycles. The molecule has 1 unspecified atom stereocenters. The first-order valence-electron chi connectivity index (χ1n) is 36.7. The summed E-state index contributed by atoms with van der Waals surface area (Å²) in [6.45, 7) is 0.533. The van der Waals surface area contributed by atoms with Gasteiger partial charge in [0.15, 0.2) is 6.10 Å². The molecule has 8 atom stereocenters. The smallest absolute Gasteiger partial charge is 0.462 e. The molecule has 1 aliphatic carbocycles. The van der Waals surface area contributed by atoms with Gasteiger partial charge in [-0.25, -0.2) is 13.7 Å². The van der Waals surface area contributed by atoms with E-state index in [4.69, 9.17) is 78.6 Å². The van der Waals surface area contributed by atoms with E-state index in [9.17, 15) is 9.59 Å². The lowest BCUT2D eigenvalue weighted by Crippen LogP contribution is -2.67. The Labute approximate surface area is 602 Å². The summed E-state index contributed by atoms with van der Waals surface area (Å²) < 4.78 is 151. The number of carbonyl (C=O) groups excluding carboxylic acids is 2. The number of esters is 2. The summed E-state index contributed by atoms with van der Waals surface area (Å²) >= 11 is 0. The fourth-order valence-corrected chi connectivity index (χ4v) is 15.4. The van der Waals surface area contributed by atoms with E-state index in [0.29, 0.717) is 35.1 Å². The molecule has 0 bridgehead atoms. The summed E-state index contributed by atoms with van der Waals surface area (Å²) in [6, 6.07) is 35.5. The van der Waals surface area contributed by atoms with Crippen LogP contribution in [0.15, 0.2) is 121 Å². The molecule has 0 saturated heterocycles. The van der Waals surface area contributed by atoms with Crippen molar-refractivity contribution in [1.82, 2.24) is 0 Å². The van der Waals surface area contributed by atoms with Crippen LogP contribution >= 0.6 is 23.5 Å². The van der Waals surface area contributed by atoms with E-state index in [1.807, 2.05) is 12.1 Å². The summed E-state index contributed by atoms with van der Waals surface area (Å²) in [5.74, 6) is -1.08. The summed E-state index contributed by atoms with van der Waals surface area (Å²) in [4.78, 5) is 27.2. The van der Waals surface area contributed by atoms with Crippen LogP contribution in [0.4, 0.5) is 0 Å². The Morgan fingerprint density at radius 1 is 0.337 bits per heavy atom. The molecule has 25 heteroatoms. The number of hydrogen-bond acceptors (Lipinski definition) is 22. The maximum absolute atomic E-state index is 15.9. The second-order valence-electron chi connectivity index (χ2n) is 25.5. The van der Waals surface area contributed by atoms with Gasteiger partial charge in [0.1, 0.15) is 63.6 Å². The van der Waals surface area contributed by atoms with E-state index in [1.54, 1.807) is 109 Å². The first kappa shape index (κ1) is 87.5. The van der Waals surface area contributed by atoms with Crippen molar-refractivity contribution >= 4 is 35.4 Å². The zero-order valence-electron chi connectivity index (χ0n) is 61.1. The van der Waals surface area contributed by atoms with E-state index >= 15 is 13.7 Å². The molecule has 4 aromatic rings. The van der Waals surface area contributed by atoms with Crippen LogP contribution in [0.3, 0.4) is 0 Å². The molecule has 5 rings (SSSR count). The molecule has 0 amide bonds. The van der Waals surface area contributed by atoms with Crippen molar-refractivity contribution in [3.63, 3.8) is 0 Å². The summed E-state index contributed by atoms with van der Waals surface area (Å²) in [6.07, 6.45) is 17.8. The van der Waals surface area contributed by atoms with Gasteiger partial charge in [0.2, 0.25) is 0 Å². The Balaban J connectivity index is 1.48. The number of rotatable bonds is 62. The molecule has 1 aliphatic rings. The number of ether oxygens (including phenoxy) is 8. The second-order valence-corrected chi connectivity index (χ2v) is 30.4. The van der Waals surface area contributed by atoms with Gasteiger partial charge in [0, 0.05) is 41.3 Å². The number of methoxy groups -OCH3 is 3. The monoisotopic (exact) mass is 1480 g/mol. The highest BCUT2D eigenvalue weighted by molar-refractivity contribution is 7.49. The lowest BCUT2D eigenvalue weighted by atomic mass is 9.84. The van der Waals surface area contributed by atoms with E-state index in [0.717, 1.165) is 58.5 Å². The number of phosphoric acid groups is 3. The molecular weight excluding hydrogens is 1360 g/mol. The van der Waals surface area contributed by atoms with Crippen LogP contribution in [0.25, 0.3) is 0 Å². The van der Waals surface area contributed by atoms with Crippen LogP contribution in [0.2, 0.25) is 0 Å². The van der Waals surface area contributed by atoms with E-state index in [-0.39, 0.29) is 39.3 Å². The average Bonchev–Trinajstić information content (AvgIpc) is 0.749. The van der Waals surface area contributed by atoms with Gasteiger partial charge in [-0.15, -0.1) is 0 Å². The third-order valence-corrected chi connectivity index (χ3v) is 21.3. The Morgan fingerprint density at radius 2 is 0.614 bits per heavy atom. The second kappa shape index (κ2) is 53.6. The Kier molecular flexibility index (Phi) is 46.5. The van der Waals surface area contributed by atoms with Gasteiger partial charge in [-0.05, 0) is 35.1 Å². The molecule has 570 valence electrons. The first-order chi connectivity index (χ1) is 49.3. The fraction of sp³-hybridized carbons (Fsp3) is 0.658. The van der Waals surface area contributed by atoms with Gasteiger partial charge in [-0.1, -0.05) is 289 Å². The zero-order chi connectivity index (χ0) is 72.3. The van der Waals surface area contributed by atoms with Crippen molar-refractivity contribution < 1.29 is 102 Å². The number of phosphoric ester groups is 3. The van der Waals surface area contributed by atoms with Crippen LogP contribution < -0.4 is 0 Å². The van der Waals surface area contributed by atoms with Crippen molar-refractivity contribution in [1.29, 1.82) is 0 Å². The molecular formula is C76H119O22P3. The van der Waals surface area contributed by atoms with Crippen LogP contribution in [0.5, 0.6) is 0 Å². The third kappa shape index (κ3) is 37.1. The van der Waals surface area contributed by atoms with Crippen molar-refractivity contribution in [2.75, 3.05) is 62.0 Å².